The third kappa shape index (κ3) is 2.71. The molecule has 3 aromatic heterocycles. The van der Waals surface area contributed by atoms with Gasteiger partial charge in [0.15, 0.2) is 0 Å². The van der Waals surface area contributed by atoms with E-state index in [1.165, 1.54) is 0 Å². The van der Waals surface area contributed by atoms with E-state index in [-0.39, 0.29) is 5.75 Å². The second-order valence-corrected chi connectivity index (χ2v) is 6.18. The molecule has 0 saturated heterocycles. The van der Waals surface area contributed by atoms with Gasteiger partial charge >= 0.3 is 0 Å². The number of aromatic amines is 2. The van der Waals surface area contributed by atoms with Crippen molar-refractivity contribution in [2.24, 2.45) is 0 Å². The van der Waals surface area contributed by atoms with Crippen molar-refractivity contribution >= 4 is 11.0 Å². The van der Waals surface area contributed by atoms with Crippen LogP contribution in [0.25, 0.3) is 44.7 Å². The van der Waals surface area contributed by atoms with Crippen molar-refractivity contribution in [2.75, 3.05) is 0 Å². The minimum absolute atomic E-state index is 0.247. The van der Waals surface area contributed by atoms with Crippen LogP contribution in [0.5, 0.6) is 5.75 Å². The Morgan fingerprint density at radius 3 is 2.30 bits per heavy atom. The maximum Gasteiger partial charge on any atom is 0.204 e. The second-order valence-electron chi connectivity index (χ2n) is 6.18. The van der Waals surface area contributed by atoms with Crippen LogP contribution in [0.2, 0.25) is 0 Å². The molecule has 0 fully saturated rings. The Kier molecular flexibility index (Phi) is 3.43. The molecule has 0 amide bonds. The highest BCUT2D eigenvalue weighted by molar-refractivity contribution is 5.96. The summed E-state index contributed by atoms with van der Waals surface area (Å²) in [4.78, 5) is 7.76. The Morgan fingerprint density at radius 1 is 0.815 bits per heavy atom. The molecule has 7 heteroatoms. The molecular formula is C20H14N6O. The van der Waals surface area contributed by atoms with E-state index in [1.54, 1.807) is 12.1 Å². The van der Waals surface area contributed by atoms with Gasteiger partial charge in [-0.3, -0.25) is 0 Å². The molecule has 5 rings (SSSR count). The maximum absolute atomic E-state index is 9.49. The van der Waals surface area contributed by atoms with Gasteiger partial charge in [0.2, 0.25) is 5.82 Å². The number of pyridine rings is 1. The van der Waals surface area contributed by atoms with Gasteiger partial charge in [0.05, 0.1) is 0 Å². The number of aromatic hydroxyl groups is 1. The van der Waals surface area contributed by atoms with Crippen molar-refractivity contribution in [3.8, 4) is 39.4 Å². The number of phenolic OH excluding ortho intramolecular Hbond substituents is 1. The fourth-order valence-electron chi connectivity index (χ4n) is 3.14. The molecule has 0 radical (unpaired) electrons. The Morgan fingerprint density at radius 2 is 1.56 bits per heavy atom. The molecule has 27 heavy (non-hydrogen) atoms. The lowest BCUT2D eigenvalue weighted by Gasteiger charge is -2.04. The number of aromatic nitrogens is 6. The van der Waals surface area contributed by atoms with E-state index in [9.17, 15) is 5.11 Å². The smallest absolute Gasteiger partial charge is 0.204 e. The van der Waals surface area contributed by atoms with Crippen LogP contribution in [0, 0.1) is 0 Å². The molecule has 0 atom stereocenters. The molecule has 5 aromatic rings. The van der Waals surface area contributed by atoms with Gasteiger partial charge in [-0.25, -0.2) is 4.98 Å². The zero-order valence-electron chi connectivity index (χ0n) is 14.1. The van der Waals surface area contributed by atoms with Gasteiger partial charge in [-0.05, 0) is 34.5 Å². The Balaban J connectivity index is 1.57. The van der Waals surface area contributed by atoms with Crippen LogP contribution in [0.4, 0.5) is 0 Å². The molecule has 0 aliphatic heterocycles. The zero-order chi connectivity index (χ0) is 18.2. The van der Waals surface area contributed by atoms with Crippen LogP contribution >= 0.6 is 0 Å². The van der Waals surface area contributed by atoms with Crippen molar-refractivity contribution in [1.82, 2.24) is 30.6 Å². The average molecular weight is 354 g/mol. The molecule has 0 saturated carbocycles. The number of hydrogen-bond donors (Lipinski definition) is 3. The average Bonchev–Trinajstić information content (AvgIpc) is 3.38. The number of phenols is 1. The van der Waals surface area contributed by atoms with E-state index in [4.69, 9.17) is 0 Å². The quantitative estimate of drug-likeness (QED) is 0.457. The lowest BCUT2D eigenvalue weighted by atomic mass is 10.0. The summed E-state index contributed by atoms with van der Waals surface area (Å²) in [5, 5.41) is 24.6. The van der Waals surface area contributed by atoms with Gasteiger partial charge in [0, 0.05) is 34.5 Å². The molecule has 0 bridgehead atoms. The third-order valence-electron chi connectivity index (χ3n) is 4.53. The van der Waals surface area contributed by atoms with Crippen LogP contribution < -0.4 is 0 Å². The van der Waals surface area contributed by atoms with Gasteiger partial charge < -0.3 is 10.1 Å². The van der Waals surface area contributed by atoms with Crippen LogP contribution in [0.1, 0.15) is 0 Å². The van der Waals surface area contributed by atoms with E-state index < -0.39 is 0 Å². The first-order valence-corrected chi connectivity index (χ1v) is 8.39. The number of H-pyrrole nitrogens is 2. The highest BCUT2D eigenvalue weighted by Crippen LogP contribution is 2.32. The standard InChI is InChI=1S/C20H14N6O/c27-16-7-5-12(6-8-16)15-9-17-18(11-22-20(17)21-10-15)13-1-3-14(4-2-13)19-23-25-26-24-19/h1-11,27H,(H,21,22)(H,23,24,25,26). The summed E-state index contributed by atoms with van der Waals surface area (Å²) in [6, 6.07) is 17.2. The fourth-order valence-corrected chi connectivity index (χ4v) is 3.14. The Labute approximate surface area is 153 Å². The van der Waals surface area contributed by atoms with Crippen LogP contribution in [-0.4, -0.2) is 35.7 Å². The predicted molar refractivity (Wildman–Crippen MR) is 102 cm³/mol. The summed E-state index contributed by atoms with van der Waals surface area (Å²) in [6.45, 7) is 0. The summed E-state index contributed by atoms with van der Waals surface area (Å²) in [5.74, 6) is 0.813. The van der Waals surface area contributed by atoms with E-state index in [2.05, 4.69) is 36.7 Å². The van der Waals surface area contributed by atoms with Crippen LogP contribution in [0.15, 0.2) is 67.0 Å². The molecule has 0 aliphatic rings. The van der Waals surface area contributed by atoms with Crippen molar-refractivity contribution in [3.63, 3.8) is 0 Å². The molecular weight excluding hydrogens is 340 g/mol. The van der Waals surface area contributed by atoms with Gasteiger partial charge in [0.25, 0.3) is 0 Å². The molecule has 3 heterocycles. The second kappa shape index (κ2) is 6.06. The van der Waals surface area contributed by atoms with E-state index in [0.717, 1.165) is 38.9 Å². The van der Waals surface area contributed by atoms with Crippen LogP contribution in [0.3, 0.4) is 0 Å². The Bertz CT molecular complexity index is 1210. The zero-order valence-corrected chi connectivity index (χ0v) is 14.1. The lowest BCUT2D eigenvalue weighted by molar-refractivity contribution is 0.475. The van der Waals surface area contributed by atoms with Crippen molar-refractivity contribution in [1.29, 1.82) is 0 Å². The molecule has 0 unspecified atom stereocenters. The fraction of sp³-hybridized carbons (Fsp3) is 0. The van der Waals surface area contributed by atoms with Gasteiger partial charge in [-0.1, -0.05) is 36.4 Å². The van der Waals surface area contributed by atoms with Crippen molar-refractivity contribution in [3.05, 3.63) is 67.0 Å². The number of hydrogen-bond acceptors (Lipinski definition) is 5. The summed E-state index contributed by atoms with van der Waals surface area (Å²) >= 11 is 0. The van der Waals surface area contributed by atoms with Crippen molar-refractivity contribution < 1.29 is 5.11 Å². The Hall–Kier alpha value is -4.00. The molecule has 7 nitrogen and oxygen atoms in total. The topological polar surface area (TPSA) is 103 Å². The number of tetrazole rings is 1. The minimum Gasteiger partial charge on any atom is -0.508 e. The number of nitrogens with one attached hydrogen (secondary N) is 2. The molecule has 0 spiro atoms. The number of benzene rings is 2. The van der Waals surface area contributed by atoms with Gasteiger partial charge in [-0.2, -0.15) is 5.21 Å². The predicted octanol–water partition coefficient (Wildman–Crippen LogP) is 3.78. The lowest BCUT2D eigenvalue weighted by Crippen LogP contribution is -1.84. The maximum atomic E-state index is 9.49. The van der Waals surface area contributed by atoms with Crippen molar-refractivity contribution in [2.45, 2.75) is 0 Å². The molecule has 2 aromatic carbocycles. The highest BCUT2D eigenvalue weighted by atomic mass is 16.3. The number of fused-ring (bicyclic) bond motifs is 1. The number of nitrogens with zero attached hydrogens (tertiary/aromatic N) is 4. The summed E-state index contributed by atoms with van der Waals surface area (Å²) in [7, 11) is 0. The van der Waals surface area contributed by atoms with Gasteiger partial charge in [-0.15, -0.1) is 10.2 Å². The van der Waals surface area contributed by atoms with Gasteiger partial charge in [0.1, 0.15) is 11.4 Å². The first kappa shape index (κ1) is 15.3. The monoisotopic (exact) mass is 354 g/mol. The van der Waals surface area contributed by atoms with Crippen LogP contribution in [-0.2, 0) is 0 Å². The molecule has 3 N–H and O–H groups in total. The molecule has 0 aliphatic carbocycles. The first-order valence-electron chi connectivity index (χ1n) is 8.39. The normalized spacial score (nSPS) is 11.1. The minimum atomic E-state index is 0.247. The van der Waals surface area contributed by atoms with E-state index in [1.807, 2.05) is 48.8 Å². The summed E-state index contributed by atoms with van der Waals surface area (Å²) in [6.07, 6.45) is 3.79. The highest BCUT2D eigenvalue weighted by Gasteiger charge is 2.10. The summed E-state index contributed by atoms with van der Waals surface area (Å²) < 4.78 is 0. The largest absolute Gasteiger partial charge is 0.508 e. The summed E-state index contributed by atoms with van der Waals surface area (Å²) in [5.41, 5.74) is 5.86. The van der Waals surface area contributed by atoms with E-state index >= 15 is 0 Å². The third-order valence-corrected chi connectivity index (χ3v) is 4.53. The van der Waals surface area contributed by atoms with E-state index in [0.29, 0.717) is 5.82 Å². The molecule has 130 valence electrons. The SMILES string of the molecule is Oc1ccc(-c2cnc3[nH]cc(-c4ccc(-c5nn[nH]n5)cc4)c3c2)cc1. The first-order chi connectivity index (χ1) is 13.3. The number of rotatable bonds is 3.